The second-order valence-corrected chi connectivity index (χ2v) is 15.4. The third-order valence-electron chi connectivity index (χ3n) is 8.26. The van der Waals surface area contributed by atoms with Crippen molar-refractivity contribution in [1.82, 2.24) is 26.2 Å². The Kier molecular flexibility index (Phi) is 16.1. The third kappa shape index (κ3) is 13.8. The summed E-state index contributed by atoms with van der Waals surface area (Å²) in [6.07, 6.45) is -1.28. The number of hydrogen-bond acceptors (Lipinski definition) is 13. The lowest BCUT2D eigenvalue weighted by Crippen LogP contribution is -2.54. The summed E-state index contributed by atoms with van der Waals surface area (Å²) >= 11 is 0. The molecule has 1 aliphatic heterocycles. The molecule has 0 aliphatic carbocycles. The van der Waals surface area contributed by atoms with Gasteiger partial charge in [-0.25, -0.2) is 14.4 Å². The van der Waals surface area contributed by atoms with Crippen molar-refractivity contribution in [2.75, 3.05) is 47.0 Å². The summed E-state index contributed by atoms with van der Waals surface area (Å²) in [7, 11) is 2.58. The summed E-state index contributed by atoms with van der Waals surface area (Å²) in [6, 6.07) is 5.13. The number of rotatable bonds is 12. The minimum Gasteiger partial charge on any atom is -0.491 e. The van der Waals surface area contributed by atoms with Gasteiger partial charge in [0, 0.05) is 31.1 Å². The van der Waals surface area contributed by atoms with Crippen LogP contribution < -0.4 is 42.2 Å². The van der Waals surface area contributed by atoms with E-state index >= 15 is 0 Å². The van der Waals surface area contributed by atoms with Crippen molar-refractivity contribution >= 4 is 35.9 Å². The smallest absolute Gasteiger partial charge is 0.407 e. The number of esters is 1. The van der Waals surface area contributed by atoms with E-state index < -0.39 is 71.2 Å². The lowest BCUT2D eigenvalue weighted by molar-refractivity contribution is -0.145. The fourth-order valence-electron chi connectivity index (χ4n) is 5.62. The first-order valence-corrected chi connectivity index (χ1v) is 18.5. The van der Waals surface area contributed by atoms with Gasteiger partial charge >= 0.3 is 18.2 Å². The van der Waals surface area contributed by atoms with Gasteiger partial charge in [0.1, 0.15) is 54.0 Å². The number of amides is 5. The molecule has 5 amide bonds. The van der Waals surface area contributed by atoms with Crippen LogP contribution in [0.25, 0.3) is 11.1 Å². The number of fused-ring (bicyclic) bond motifs is 5. The Morgan fingerprint density at radius 2 is 1.37 bits per heavy atom. The van der Waals surface area contributed by atoms with E-state index in [1.54, 1.807) is 77.9 Å². The van der Waals surface area contributed by atoms with Gasteiger partial charge < -0.3 is 61.3 Å². The highest BCUT2D eigenvalue weighted by molar-refractivity contribution is 5.95. The Labute approximate surface area is 333 Å². The zero-order valence-electron chi connectivity index (χ0n) is 34.1. The van der Waals surface area contributed by atoms with Gasteiger partial charge in [-0.1, -0.05) is 12.1 Å². The Bertz CT molecular complexity index is 1770. The first-order chi connectivity index (χ1) is 26.6. The van der Waals surface area contributed by atoms with Crippen LogP contribution in [-0.2, 0) is 39.8 Å². The molecule has 1 aliphatic rings. The normalized spacial score (nSPS) is 17.7. The van der Waals surface area contributed by atoms with Crippen LogP contribution in [0.5, 0.6) is 11.5 Å². The third-order valence-corrected chi connectivity index (χ3v) is 8.26. The molecule has 4 atom stereocenters. The van der Waals surface area contributed by atoms with Crippen molar-refractivity contribution in [3.8, 4) is 22.6 Å². The molecule has 0 saturated heterocycles. The largest absolute Gasteiger partial charge is 0.491 e. The Balaban J connectivity index is 2.21. The molecule has 0 radical (unpaired) electrons. The summed E-state index contributed by atoms with van der Waals surface area (Å²) in [5.41, 5.74) is 12.0. The van der Waals surface area contributed by atoms with Crippen molar-refractivity contribution in [3.63, 3.8) is 0 Å². The molecule has 0 unspecified atom stereocenters. The molecule has 0 aromatic heterocycles. The first-order valence-electron chi connectivity index (χ1n) is 18.5. The van der Waals surface area contributed by atoms with Crippen molar-refractivity contribution in [2.45, 2.75) is 90.3 Å². The summed E-state index contributed by atoms with van der Waals surface area (Å²) in [5, 5.41) is 10.6. The van der Waals surface area contributed by atoms with Gasteiger partial charge in [-0.15, -0.1) is 0 Å². The number of alkyl carbamates (subject to hydrolysis) is 2. The SMILES string of the molecule is COC(=O)[C@@H]1Cc2ccc(OCCNC(=O)OC(C)(C)C)c(c2)-c2cc(ccc2OCCNC(=O)OC(C)(C)C)[C@H](N(C)C(=O)[C@@H](N)CN)C(=O)N[C@@H](C)C(=O)N1. The molecule has 314 valence electrons. The molecule has 18 nitrogen and oxygen atoms in total. The van der Waals surface area contributed by atoms with E-state index in [9.17, 15) is 28.8 Å². The lowest BCUT2D eigenvalue weighted by Gasteiger charge is -2.31. The molecule has 18 heteroatoms. The summed E-state index contributed by atoms with van der Waals surface area (Å²) in [4.78, 5) is 79.6. The number of carbonyl (C=O) groups is 6. The van der Waals surface area contributed by atoms with Crippen molar-refractivity contribution in [2.24, 2.45) is 11.5 Å². The Morgan fingerprint density at radius 1 is 0.842 bits per heavy atom. The maximum atomic E-state index is 14.1. The zero-order valence-corrected chi connectivity index (χ0v) is 34.1. The number of benzene rings is 2. The van der Waals surface area contributed by atoms with Gasteiger partial charge in [0.15, 0.2) is 0 Å². The predicted molar refractivity (Wildman–Crippen MR) is 209 cm³/mol. The average Bonchev–Trinajstić information content (AvgIpc) is 3.12. The molecule has 0 spiro atoms. The zero-order chi connectivity index (χ0) is 42.7. The van der Waals surface area contributed by atoms with Crippen LogP contribution >= 0.6 is 0 Å². The topological polar surface area (TPSA) is 252 Å². The van der Waals surface area contributed by atoms with E-state index in [2.05, 4.69) is 21.3 Å². The van der Waals surface area contributed by atoms with E-state index in [0.29, 0.717) is 33.8 Å². The second kappa shape index (κ2) is 20.0. The van der Waals surface area contributed by atoms with Crippen molar-refractivity contribution in [1.29, 1.82) is 0 Å². The lowest BCUT2D eigenvalue weighted by atomic mass is 9.93. The minimum atomic E-state index is -1.34. The average molecular weight is 800 g/mol. The monoisotopic (exact) mass is 799 g/mol. The van der Waals surface area contributed by atoms with E-state index in [1.165, 1.54) is 21.1 Å². The summed E-state index contributed by atoms with van der Waals surface area (Å²) < 4.78 is 28.0. The second-order valence-electron chi connectivity index (χ2n) is 15.4. The van der Waals surface area contributed by atoms with Crippen molar-refractivity contribution < 1.29 is 52.5 Å². The van der Waals surface area contributed by atoms with Crippen LogP contribution in [0.3, 0.4) is 0 Å². The molecule has 0 fully saturated rings. The Morgan fingerprint density at radius 3 is 1.88 bits per heavy atom. The number of methoxy groups -OCH3 is 1. The molecule has 3 rings (SSSR count). The number of ether oxygens (including phenoxy) is 5. The molecule has 8 N–H and O–H groups in total. The van der Waals surface area contributed by atoms with Crippen molar-refractivity contribution in [3.05, 3.63) is 47.5 Å². The highest BCUT2D eigenvalue weighted by Gasteiger charge is 2.35. The predicted octanol–water partition coefficient (Wildman–Crippen LogP) is 1.66. The van der Waals surface area contributed by atoms with Gasteiger partial charge in [-0.3, -0.25) is 14.4 Å². The van der Waals surface area contributed by atoms with E-state index in [4.69, 9.17) is 35.2 Å². The molecule has 2 aromatic carbocycles. The van der Waals surface area contributed by atoms with Crippen LogP contribution in [0.1, 0.15) is 65.6 Å². The van der Waals surface area contributed by atoms with Crippen LogP contribution in [0.15, 0.2) is 36.4 Å². The molecule has 1 heterocycles. The first kappa shape index (κ1) is 45.8. The molecular formula is C39H57N7O11. The van der Waals surface area contributed by atoms with E-state index in [1.807, 2.05) is 0 Å². The quantitative estimate of drug-likeness (QED) is 0.102. The van der Waals surface area contributed by atoms with Gasteiger partial charge in [0.05, 0.1) is 26.2 Å². The van der Waals surface area contributed by atoms with Crippen LogP contribution in [0, 0.1) is 0 Å². The number of hydrogen-bond donors (Lipinski definition) is 6. The highest BCUT2D eigenvalue weighted by atomic mass is 16.6. The molecule has 0 saturated carbocycles. The van der Waals surface area contributed by atoms with Crippen LogP contribution in [0.2, 0.25) is 0 Å². The van der Waals surface area contributed by atoms with E-state index in [0.717, 1.165) is 4.90 Å². The van der Waals surface area contributed by atoms with E-state index in [-0.39, 0.29) is 39.3 Å². The molecular weight excluding hydrogens is 742 g/mol. The van der Waals surface area contributed by atoms with Crippen LogP contribution in [-0.4, -0.2) is 117 Å². The fourth-order valence-corrected chi connectivity index (χ4v) is 5.62. The number of likely N-dealkylation sites (N-methyl/N-ethyl adjacent to an activating group) is 1. The standard InChI is InChI=1S/C39H57N7O11/c1-22-32(47)45-28(35(50)53-9)19-23-10-12-29(54-16-14-42-36(51)56-38(2,3)4)25(18-23)26-20-24(31(33(48)44-22)46(8)34(49)27(41)21-40)11-13-30(26)55-17-15-43-37(52)57-39(5,6)7/h10-13,18,20,22,27-28,31H,14-17,19,21,40-41H2,1-9H3,(H,42,51)(H,43,52)(H,44,48)(H,45,47)/t22-,27-,28-,31-/m0/s1. The molecule has 2 aromatic rings. The fraction of sp³-hybridized carbons (Fsp3) is 0.538. The summed E-state index contributed by atoms with van der Waals surface area (Å²) in [5.74, 6) is -2.17. The van der Waals surface area contributed by atoms with Gasteiger partial charge in [0.25, 0.3) is 0 Å². The van der Waals surface area contributed by atoms with Gasteiger partial charge in [0.2, 0.25) is 17.7 Å². The maximum absolute atomic E-state index is 14.1. The Hall–Kier alpha value is -5.62. The highest BCUT2D eigenvalue weighted by Crippen LogP contribution is 2.40. The van der Waals surface area contributed by atoms with Crippen LogP contribution in [0.4, 0.5) is 9.59 Å². The van der Waals surface area contributed by atoms with Gasteiger partial charge in [-0.05, 0) is 83.9 Å². The number of carbonyl (C=O) groups excluding carboxylic acids is 6. The number of nitrogens with two attached hydrogens (primary N) is 2. The maximum Gasteiger partial charge on any atom is 0.407 e. The summed E-state index contributed by atoms with van der Waals surface area (Å²) in [6.45, 7) is 11.8. The minimum absolute atomic E-state index is 0.000736. The number of nitrogens with one attached hydrogen (secondary N) is 4. The van der Waals surface area contributed by atoms with Gasteiger partial charge in [-0.2, -0.15) is 0 Å². The molecule has 57 heavy (non-hydrogen) atoms. The number of nitrogens with zero attached hydrogens (tertiary/aromatic N) is 1. The molecule has 4 bridgehead atoms.